The highest BCUT2D eigenvalue weighted by Crippen LogP contribution is 2.27. The maximum atomic E-state index is 12.9. The molecule has 2 aromatic rings. The Labute approximate surface area is 164 Å². The zero-order valence-electron chi connectivity index (χ0n) is 15.5. The molecule has 27 heavy (non-hydrogen) atoms. The smallest absolute Gasteiger partial charge is 0.252 e. The van der Waals surface area contributed by atoms with Crippen LogP contribution in [0, 0.1) is 5.92 Å². The van der Waals surface area contributed by atoms with Crippen molar-refractivity contribution >= 4 is 27.3 Å². The van der Waals surface area contributed by atoms with Crippen molar-refractivity contribution in [3.63, 3.8) is 0 Å². The van der Waals surface area contributed by atoms with E-state index < -0.39 is 10.0 Å². The van der Waals surface area contributed by atoms with E-state index >= 15 is 0 Å². The number of sulfonamides is 1. The summed E-state index contributed by atoms with van der Waals surface area (Å²) in [6, 6.07) is 10.9. The van der Waals surface area contributed by atoms with E-state index in [1.54, 1.807) is 36.6 Å². The van der Waals surface area contributed by atoms with Crippen LogP contribution in [0.1, 0.15) is 18.4 Å². The zero-order valence-corrected chi connectivity index (χ0v) is 17.1. The highest BCUT2D eigenvalue weighted by Gasteiger charge is 2.34. The second kappa shape index (κ2) is 8.41. The number of thiophene rings is 1. The first-order valence-electron chi connectivity index (χ1n) is 8.83. The summed E-state index contributed by atoms with van der Waals surface area (Å²) in [6.45, 7) is 1.19. The molecule has 8 heteroatoms. The Kier molecular flexibility index (Phi) is 6.18. The first-order valence-corrected chi connectivity index (χ1v) is 11.2. The number of rotatable bonds is 6. The molecule has 3 rings (SSSR count). The third kappa shape index (κ3) is 4.51. The highest BCUT2D eigenvalue weighted by atomic mass is 32.2. The van der Waals surface area contributed by atoms with Gasteiger partial charge in [0.25, 0.3) is 10.0 Å². The van der Waals surface area contributed by atoms with Gasteiger partial charge in [0.1, 0.15) is 9.96 Å². The van der Waals surface area contributed by atoms with Gasteiger partial charge < -0.3 is 9.64 Å². The third-order valence-corrected chi connectivity index (χ3v) is 8.02. The Morgan fingerprint density at radius 2 is 2.04 bits per heavy atom. The molecule has 1 fully saturated rings. The van der Waals surface area contributed by atoms with Crippen LogP contribution in [0.15, 0.2) is 46.0 Å². The molecule has 0 radical (unpaired) electrons. The number of ether oxygens (including phenoxy) is 1. The van der Waals surface area contributed by atoms with Crippen LogP contribution < -0.4 is 4.74 Å². The lowest BCUT2D eigenvalue weighted by molar-refractivity contribution is -0.135. The molecule has 2 heterocycles. The monoisotopic (exact) mass is 408 g/mol. The van der Waals surface area contributed by atoms with E-state index in [-0.39, 0.29) is 18.4 Å². The van der Waals surface area contributed by atoms with Crippen LogP contribution in [0.4, 0.5) is 0 Å². The SMILES string of the molecule is COc1ccc(CN(C)C(=O)[C@@H]2CCCN(S(=O)(=O)c3cccs3)C2)cc1. The van der Waals surface area contributed by atoms with Gasteiger partial charge in [-0.1, -0.05) is 18.2 Å². The maximum Gasteiger partial charge on any atom is 0.252 e. The second-order valence-electron chi connectivity index (χ2n) is 6.68. The standard InChI is InChI=1S/C19H24N2O4S2/c1-20(13-15-7-9-17(25-2)10-8-15)19(22)16-5-3-11-21(14-16)27(23,24)18-6-4-12-26-18/h4,6-10,12,16H,3,5,11,13-14H2,1-2H3/t16-/m1/s1. The molecule has 0 unspecified atom stereocenters. The summed E-state index contributed by atoms with van der Waals surface area (Å²) < 4.78 is 32.4. The van der Waals surface area contributed by atoms with E-state index in [4.69, 9.17) is 4.74 Å². The van der Waals surface area contributed by atoms with E-state index in [9.17, 15) is 13.2 Å². The molecule has 1 aromatic carbocycles. The number of carbonyl (C=O) groups is 1. The molecule has 6 nitrogen and oxygen atoms in total. The topological polar surface area (TPSA) is 66.9 Å². The molecule has 0 saturated carbocycles. The van der Waals surface area contributed by atoms with Crippen LogP contribution >= 0.6 is 11.3 Å². The Bertz CT molecular complexity index is 864. The molecule has 1 aliphatic heterocycles. The molecule has 1 aromatic heterocycles. The van der Waals surface area contributed by atoms with Gasteiger partial charge in [0, 0.05) is 26.7 Å². The largest absolute Gasteiger partial charge is 0.497 e. The van der Waals surface area contributed by atoms with E-state index in [2.05, 4.69) is 0 Å². The molecular weight excluding hydrogens is 384 g/mol. The van der Waals surface area contributed by atoms with Crippen molar-refractivity contribution in [2.75, 3.05) is 27.2 Å². The highest BCUT2D eigenvalue weighted by molar-refractivity contribution is 7.91. The van der Waals surface area contributed by atoms with Gasteiger partial charge in [-0.25, -0.2) is 8.42 Å². The van der Waals surface area contributed by atoms with Crippen LogP contribution in [-0.4, -0.2) is 50.8 Å². The summed E-state index contributed by atoms with van der Waals surface area (Å²) in [5, 5.41) is 1.75. The molecule has 1 amide bonds. The van der Waals surface area contributed by atoms with Crippen LogP contribution in [0.25, 0.3) is 0 Å². The fourth-order valence-corrected chi connectivity index (χ4v) is 5.96. The van der Waals surface area contributed by atoms with Crippen molar-refractivity contribution in [2.45, 2.75) is 23.6 Å². The van der Waals surface area contributed by atoms with Gasteiger partial charge in [-0.05, 0) is 42.0 Å². The minimum Gasteiger partial charge on any atom is -0.497 e. The third-order valence-electron chi connectivity index (χ3n) is 4.78. The van der Waals surface area contributed by atoms with Crippen LogP contribution in [-0.2, 0) is 21.4 Å². The van der Waals surface area contributed by atoms with Gasteiger partial charge in [0.2, 0.25) is 5.91 Å². The lowest BCUT2D eigenvalue weighted by Crippen LogP contribution is -2.45. The Morgan fingerprint density at radius 1 is 1.30 bits per heavy atom. The molecule has 1 aliphatic rings. The number of piperidine rings is 1. The molecule has 146 valence electrons. The van der Waals surface area contributed by atoms with Crippen molar-refractivity contribution in [3.05, 3.63) is 47.3 Å². The minimum absolute atomic E-state index is 0.0168. The summed E-state index contributed by atoms with van der Waals surface area (Å²) in [5.74, 6) is 0.447. The number of hydrogen-bond acceptors (Lipinski definition) is 5. The van der Waals surface area contributed by atoms with Gasteiger partial charge in [0.15, 0.2) is 0 Å². The van der Waals surface area contributed by atoms with Gasteiger partial charge in [-0.15, -0.1) is 11.3 Å². The quantitative estimate of drug-likeness (QED) is 0.737. The van der Waals surface area contributed by atoms with Crippen molar-refractivity contribution < 1.29 is 17.9 Å². The number of nitrogens with zero attached hydrogens (tertiary/aromatic N) is 2. The predicted octanol–water partition coefficient (Wildman–Crippen LogP) is 2.82. The number of amides is 1. The van der Waals surface area contributed by atoms with E-state index in [1.165, 1.54) is 15.6 Å². The first-order chi connectivity index (χ1) is 12.9. The second-order valence-corrected chi connectivity index (χ2v) is 9.79. The van der Waals surface area contributed by atoms with Gasteiger partial charge in [0.05, 0.1) is 13.0 Å². The molecule has 0 aliphatic carbocycles. The molecule has 0 spiro atoms. The summed E-state index contributed by atoms with van der Waals surface area (Å²) >= 11 is 1.21. The predicted molar refractivity (Wildman–Crippen MR) is 105 cm³/mol. The lowest BCUT2D eigenvalue weighted by Gasteiger charge is -2.33. The Balaban J connectivity index is 1.65. The zero-order chi connectivity index (χ0) is 19.4. The minimum atomic E-state index is -3.51. The first kappa shape index (κ1) is 19.9. The summed E-state index contributed by atoms with van der Waals surface area (Å²) in [4.78, 5) is 14.5. The fraction of sp³-hybridized carbons (Fsp3) is 0.421. The van der Waals surface area contributed by atoms with Gasteiger partial charge >= 0.3 is 0 Å². The Morgan fingerprint density at radius 3 is 2.67 bits per heavy atom. The molecule has 0 bridgehead atoms. The maximum absolute atomic E-state index is 12.9. The normalized spacial score (nSPS) is 18.2. The van der Waals surface area contributed by atoms with Gasteiger partial charge in [-0.2, -0.15) is 4.31 Å². The molecule has 1 saturated heterocycles. The van der Waals surface area contributed by atoms with Crippen LogP contribution in [0.5, 0.6) is 5.75 Å². The van der Waals surface area contributed by atoms with E-state index in [0.29, 0.717) is 30.1 Å². The van der Waals surface area contributed by atoms with Gasteiger partial charge in [-0.3, -0.25) is 4.79 Å². The molecule has 0 N–H and O–H groups in total. The Hall–Kier alpha value is -1.90. The lowest BCUT2D eigenvalue weighted by atomic mass is 9.98. The number of benzene rings is 1. The molecular formula is C19H24N2O4S2. The number of hydrogen-bond donors (Lipinski definition) is 0. The fourth-order valence-electron chi connectivity index (χ4n) is 3.29. The summed E-state index contributed by atoms with van der Waals surface area (Å²) in [6.07, 6.45) is 1.40. The van der Waals surface area contributed by atoms with Crippen molar-refractivity contribution in [2.24, 2.45) is 5.92 Å². The van der Waals surface area contributed by atoms with E-state index in [0.717, 1.165) is 11.3 Å². The average Bonchev–Trinajstić information content (AvgIpc) is 3.24. The van der Waals surface area contributed by atoms with Crippen molar-refractivity contribution in [1.29, 1.82) is 0 Å². The van der Waals surface area contributed by atoms with Crippen molar-refractivity contribution in [3.8, 4) is 5.75 Å². The summed E-state index contributed by atoms with van der Waals surface area (Å²) in [7, 11) is -0.132. The molecule has 1 atom stereocenters. The van der Waals surface area contributed by atoms with Crippen molar-refractivity contribution in [1.82, 2.24) is 9.21 Å². The van der Waals surface area contributed by atoms with Crippen LogP contribution in [0.3, 0.4) is 0 Å². The van der Waals surface area contributed by atoms with Crippen LogP contribution in [0.2, 0.25) is 0 Å². The number of carbonyl (C=O) groups excluding carboxylic acids is 1. The number of methoxy groups -OCH3 is 1. The average molecular weight is 409 g/mol. The van der Waals surface area contributed by atoms with E-state index in [1.807, 2.05) is 24.3 Å². The summed E-state index contributed by atoms with van der Waals surface area (Å²) in [5.41, 5.74) is 1.01.